The van der Waals surface area contributed by atoms with Crippen LogP contribution in [0.2, 0.25) is 0 Å². The van der Waals surface area contributed by atoms with Crippen molar-refractivity contribution in [2.24, 2.45) is 23.2 Å². The molecule has 1 aliphatic heterocycles. The van der Waals surface area contributed by atoms with E-state index in [1.54, 1.807) is 5.56 Å². The zero-order valence-electron chi connectivity index (χ0n) is 16.8. The number of aromatic hydroxyl groups is 1. The molecule has 1 saturated carbocycles. The molecule has 1 saturated heterocycles. The van der Waals surface area contributed by atoms with E-state index in [0.29, 0.717) is 21.2 Å². The van der Waals surface area contributed by atoms with Crippen molar-refractivity contribution in [1.29, 1.82) is 0 Å². The third kappa shape index (κ3) is 3.02. The van der Waals surface area contributed by atoms with Gasteiger partial charge in [0, 0.05) is 11.5 Å². The fourth-order valence-electron chi connectivity index (χ4n) is 6.16. The van der Waals surface area contributed by atoms with Crippen LogP contribution in [0.3, 0.4) is 0 Å². The molecule has 1 heterocycles. The van der Waals surface area contributed by atoms with E-state index in [2.05, 4.69) is 57.3 Å². The molecule has 0 amide bonds. The highest BCUT2D eigenvalue weighted by atomic mass is 32.2. The molecule has 4 unspecified atom stereocenters. The quantitative estimate of drug-likeness (QED) is 0.620. The summed E-state index contributed by atoms with van der Waals surface area (Å²) in [5.41, 5.74) is 3.37. The van der Waals surface area contributed by atoms with Gasteiger partial charge in [0.15, 0.2) is 0 Å². The highest BCUT2D eigenvalue weighted by molar-refractivity contribution is 8.21. The molecule has 0 radical (unpaired) electrons. The third-order valence-corrected chi connectivity index (χ3v) is 11.5. The lowest BCUT2D eigenvalue weighted by Crippen LogP contribution is -2.52. The Labute approximate surface area is 168 Å². The molecule has 3 heteroatoms. The van der Waals surface area contributed by atoms with E-state index in [1.165, 1.54) is 42.8 Å². The van der Waals surface area contributed by atoms with Crippen molar-refractivity contribution in [1.82, 2.24) is 0 Å². The standard InChI is InChI=1S/C23H34OS2/c1-15(2)5-8-20-16(3)23(25-11-12-26-23)14-21-19-7-6-18(24)13-17(19)9-10-22(20,21)4/h6-7,13,15-16,20-21,24H,5,8-12,14H2,1-4H3. The third-order valence-electron chi connectivity index (χ3n) is 7.70. The van der Waals surface area contributed by atoms with E-state index in [9.17, 15) is 5.11 Å². The van der Waals surface area contributed by atoms with Crippen molar-refractivity contribution in [2.45, 2.75) is 69.8 Å². The predicted octanol–water partition coefficient (Wildman–Crippen LogP) is 6.70. The molecule has 1 aromatic carbocycles. The Morgan fingerprint density at radius 1 is 1.23 bits per heavy atom. The molecule has 4 atom stereocenters. The van der Waals surface area contributed by atoms with E-state index in [0.717, 1.165) is 24.2 Å². The Morgan fingerprint density at radius 3 is 2.65 bits per heavy atom. The second-order valence-electron chi connectivity index (χ2n) is 9.52. The fourth-order valence-corrected chi connectivity index (χ4v) is 9.78. The van der Waals surface area contributed by atoms with Crippen molar-refractivity contribution in [3.63, 3.8) is 0 Å². The van der Waals surface area contributed by atoms with Crippen LogP contribution in [0.1, 0.15) is 70.4 Å². The van der Waals surface area contributed by atoms with Gasteiger partial charge in [0.05, 0.1) is 4.08 Å². The molecule has 2 aliphatic carbocycles. The molecule has 144 valence electrons. The second kappa shape index (κ2) is 6.95. The Morgan fingerprint density at radius 2 is 1.96 bits per heavy atom. The summed E-state index contributed by atoms with van der Waals surface area (Å²) in [5, 5.41) is 9.98. The summed E-state index contributed by atoms with van der Waals surface area (Å²) in [6, 6.07) is 6.21. The van der Waals surface area contributed by atoms with E-state index in [1.807, 2.05) is 12.1 Å². The maximum atomic E-state index is 9.98. The maximum Gasteiger partial charge on any atom is 0.115 e. The molecule has 0 bridgehead atoms. The Bertz CT molecular complexity index is 664. The highest BCUT2D eigenvalue weighted by Crippen LogP contribution is 2.68. The molecule has 2 fully saturated rings. The molecule has 1 nitrogen and oxygen atoms in total. The van der Waals surface area contributed by atoms with Crippen molar-refractivity contribution < 1.29 is 5.11 Å². The molecule has 1 aromatic rings. The highest BCUT2D eigenvalue weighted by Gasteiger charge is 2.59. The van der Waals surface area contributed by atoms with E-state index in [-0.39, 0.29) is 0 Å². The van der Waals surface area contributed by atoms with E-state index >= 15 is 0 Å². The smallest absolute Gasteiger partial charge is 0.115 e. The second-order valence-corrected chi connectivity index (χ2v) is 12.6. The Balaban J connectivity index is 1.76. The minimum atomic E-state index is 0.410. The van der Waals surface area contributed by atoms with Crippen molar-refractivity contribution in [3.8, 4) is 5.75 Å². The monoisotopic (exact) mass is 390 g/mol. The largest absolute Gasteiger partial charge is 0.508 e. The van der Waals surface area contributed by atoms with Gasteiger partial charge < -0.3 is 5.11 Å². The molecule has 26 heavy (non-hydrogen) atoms. The Hall–Kier alpha value is -0.280. The molecular weight excluding hydrogens is 356 g/mol. The van der Waals surface area contributed by atoms with Gasteiger partial charge in [0.1, 0.15) is 5.75 Å². The summed E-state index contributed by atoms with van der Waals surface area (Å²) in [6.45, 7) is 9.93. The lowest BCUT2D eigenvalue weighted by atomic mass is 9.50. The summed E-state index contributed by atoms with van der Waals surface area (Å²) in [5.74, 6) is 6.11. The number of aryl methyl sites for hydroxylation is 1. The lowest BCUT2D eigenvalue weighted by molar-refractivity contribution is 0.0138. The number of fused-ring (bicyclic) bond motifs is 3. The van der Waals surface area contributed by atoms with Gasteiger partial charge in [-0.2, -0.15) is 0 Å². The first-order valence-electron chi connectivity index (χ1n) is 10.5. The van der Waals surface area contributed by atoms with Crippen LogP contribution in [-0.4, -0.2) is 20.7 Å². The molecule has 3 aliphatic rings. The van der Waals surface area contributed by atoms with Gasteiger partial charge >= 0.3 is 0 Å². The van der Waals surface area contributed by atoms with Gasteiger partial charge in [0.2, 0.25) is 0 Å². The van der Waals surface area contributed by atoms with Crippen LogP contribution in [-0.2, 0) is 6.42 Å². The zero-order valence-corrected chi connectivity index (χ0v) is 18.4. The number of rotatable bonds is 3. The number of benzene rings is 1. The SMILES string of the molecule is CC(C)CCC1C(C)C2(CC3c4ccc(O)cc4CCC31C)SCCS2. The van der Waals surface area contributed by atoms with Gasteiger partial charge in [-0.1, -0.05) is 40.2 Å². The molecule has 1 spiro atoms. The first kappa shape index (κ1) is 19.1. The van der Waals surface area contributed by atoms with Gasteiger partial charge in [0.25, 0.3) is 0 Å². The van der Waals surface area contributed by atoms with Crippen LogP contribution in [0.5, 0.6) is 5.75 Å². The van der Waals surface area contributed by atoms with Crippen LogP contribution >= 0.6 is 23.5 Å². The van der Waals surface area contributed by atoms with Crippen LogP contribution in [0.15, 0.2) is 18.2 Å². The number of thioether (sulfide) groups is 2. The van der Waals surface area contributed by atoms with Crippen molar-refractivity contribution >= 4 is 23.5 Å². The summed E-state index contributed by atoms with van der Waals surface area (Å²) >= 11 is 4.52. The van der Waals surface area contributed by atoms with Gasteiger partial charge in [-0.15, -0.1) is 23.5 Å². The van der Waals surface area contributed by atoms with E-state index < -0.39 is 0 Å². The molecule has 0 aromatic heterocycles. The molecular formula is C23H34OS2. The van der Waals surface area contributed by atoms with Gasteiger partial charge in [-0.05, 0) is 78.0 Å². The van der Waals surface area contributed by atoms with Crippen LogP contribution in [0.25, 0.3) is 0 Å². The zero-order chi connectivity index (χ0) is 18.5. The number of phenolic OH excluding ortho intramolecular Hbond substituents is 1. The van der Waals surface area contributed by atoms with Crippen LogP contribution < -0.4 is 0 Å². The fraction of sp³-hybridized carbons (Fsp3) is 0.739. The topological polar surface area (TPSA) is 20.2 Å². The molecule has 1 N–H and O–H groups in total. The normalized spacial score (nSPS) is 35.5. The summed E-state index contributed by atoms with van der Waals surface area (Å²) < 4.78 is 0.415. The van der Waals surface area contributed by atoms with Crippen LogP contribution in [0, 0.1) is 23.2 Å². The van der Waals surface area contributed by atoms with Gasteiger partial charge in [-0.3, -0.25) is 0 Å². The summed E-state index contributed by atoms with van der Waals surface area (Å²) in [4.78, 5) is 0. The summed E-state index contributed by atoms with van der Waals surface area (Å²) in [7, 11) is 0. The minimum Gasteiger partial charge on any atom is -0.508 e. The average Bonchev–Trinajstić information content (AvgIpc) is 3.06. The predicted molar refractivity (Wildman–Crippen MR) is 116 cm³/mol. The van der Waals surface area contributed by atoms with Gasteiger partial charge in [-0.25, -0.2) is 0 Å². The van der Waals surface area contributed by atoms with E-state index in [4.69, 9.17) is 0 Å². The van der Waals surface area contributed by atoms with Crippen molar-refractivity contribution in [3.05, 3.63) is 29.3 Å². The summed E-state index contributed by atoms with van der Waals surface area (Å²) in [6.07, 6.45) is 6.46. The maximum absolute atomic E-state index is 9.98. The van der Waals surface area contributed by atoms with Crippen molar-refractivity contribution in [2.75, 3.05) is 11.5 Å². The van der Waals surface area contributed by atoms with Crippen LogP contribution in [0.4, 0.5) is 0 Å². The Kier molecular flexibility index (Phi) is 5.10. The first-order chi connectivity index (χ1) is 12.4. The number of phenols is 1. The number of hydrogen-bond donors (Lipinski definition) is 1. The first-order valence-corrected chi connectivity index (χ1v) is 12.4. The number of hydrogen-bond acceptors (Lipinski definition) is 3. The average molecular weight is 391 g/mol. The molecule has 4 rings (SSSR count). The lowest BCUT2D eigenvalue weighted by Gasteiger charge is -2.59. The minimum absolute atomic E-state index is 0.410.